The highest BCUT2D eigenvalue weighted by Crippen LogP contribution is 2.21. The summed E-state index contributed by atoms with van der Waals surface area (Å²) in [4.78, 5) is 4.37. The minimum Gasteiger partial charge on any atom is -0.399 e. The van der Waals surface area contributed by atoms with Gasteiger partial charge in [0.05, 0.1) is 5.69 Å². The van der Waals surface area contributed by atoms with Crippen molar-refractivity contribution >= 4 is 5.69 Å². The van der Waals surface area contributed by atoms with Gasteiger partial charge in [-0.3, -0.25) is 4.57 Å². The highest BCUT2D eigenvalue weighted by molar-refractivity contribution is 5.62. The zero-order valence-electron chi connectivity index (χ0n) is 10.5. The van der Waals surface area contributed by atoms with Gasteiger partial charge >= 0.3 is 0 Å². The predicted molar refractivity (Wildman–Crippen MR) is 73.7 cm³/mol. The van der Waals surface area contributed by atoms with E-state index in [2.05, 4.69) is 15.2 Å². The van der Waals surface area contributed by atoms with Gasteiger partial charge in [0.1, 0.15) is 5.82 Å². The Bertz CT molecular complexity index is 700. The van der Waals surface area contributed by atoms with Crippen molar-refractivity contribution in [1.29, 1.82) is 0 Å². The molecule has 94 valence electrons. The molecule has 3 rings (SSSR count). The van der Waals surface area contributed by atoms with Crippen molar-refractivity contribution < 1.29 is 0 Å². The van der Waals surface area contributed by atoms with Gasteiger partial charge in [0, 0.05) is 23.6 Å². The van der Waals surface area contributed by atoms with E-state index in [9.17, 15) is 0 Å². The summed E-state index contributed by atoms with van der Waals surface area (Å²) in [5, 5.41) is 8.24. The smallest absolute Gasteiger partial charge is 0.161 e. The van der Waals surface area contributed by atoms with Crippen LogP contribution in [0.5, 0.6) is 0 Å². The number of nitrogen functional groups attached to an aromatic ring is 1. The number of nitrogens with two attached hydrogens (primary N) is 1. The first-order chi connectivity index (χ1) is 9.24. The van der Waals surface area contributed by atoms with E-state index in [4.69, 9.17) is 5.73 Å². The summed E-state index contributed by atoms with van der Waals surface area (Å²) in [6, 6.07) is 11.5. The number of imidazole rings is 1. The maximum absolute atomic E-state index is 5.81. The summed E-state index contributed by atoms with van der Waals surface area (Å²) in [7, 11) is 0. The lowest BCUT2D eigenvalue weighted by atomic mass is 10.2. The van der Waals surface area contributed by atoms with E-state index < -0.39 is 0 Å². The van der Waals surface area contributed by atoms with Gasteiger partial charge < -0.3 is 5.73 Å². The van der Waals surface area contributed by atoms with E-state index in [0.29, 0.717) is 5.69 Å². The Morgan fingerprint density at radius 2 is 2.00 bits per heavy atom. The number of hydrogen-bond donors (Lipinski definition) is 1. The first kappa shape index (κ1) is 11.4. The molecule has 3 aromatic rings. The van der Waals surface area contributed by atoms with E-state index in [-0.39, 0.29) is 0 Å². The summed E-state index contributed by atoms with van der Waals surface area (Å²) in [5.74, 6) is 1.53. The predicted octanol–water partition coefficient (Wildman–Crippen LogP) is 2.22. The van der Waals surface area contributed by atoms with Crippen LogP contribution in [0.25, 0.3) is 17.2 Å². The Hall–Kier alpha value is -2.69. The van der Waals surface area contributed by atoms with E-state index >= 15 is 0 Å². The Kier molecular flexibility index (Phi) is 2.72. The van der Waals surface area contributed by atoms with Gasteiger partial charge in [-0.15, -0.1) is 5.10 Å². The lowest BCUT2D eigenvalue weighted by molar-refractivity contribution is 0.895. The molecule has 2 N–H and O–H groups in total. The van der Waals surface area contributed by atoms with Gasteiger partial charge in [0.2, 0.25) is 0 Å². The van der Waals surface area contributed by atoms with Crippen LogP contribution in [0.2, 0.25) is 0 Å². The third-order valence-corrected chi connectivity index (χ3v) is 2.82. The Morgan fingerprint density at radius 3 is 2.74 bits per heavy atom. The second-order valence-corrected chi connectivity index (χ2v) is 4.28. The summed E-state index contributed by atoms with van der Waals surface area (Å²) in [6.45, 7) is 1.91. The second kappa shape index (κ2) is 4.53. The maximum atomic E-state index is 5.81. The van der Waals surface area contributed by atoms with Crippen LogP contribution in [0.4, 0.5) is 5.69 Å². The summed E-state index contributed by atoms with van der Waals surface area (Å²) in [6.07, 6.45) is 3.60. The normalized spacial score (nSPS) is 10.6. The molecule has 2 heterocycles. The number of anilines is 1. The van der Waals surface area contributed by atoms with Crippen molar-refractivity contribution in [3.05, 3.63) is 54.5 Å². The van der Waals surface area contributed by atoms with Gasteiger partial charge in [-0.05, 0) is 31.2 Å². The van der Waals surface area contributed by atoms with E-state index in [1.165, 1.54) is 0 Å². The molecule has 0 fully saturated rings. The minimum absolute atomic E-state index is 0.710. The molecule has 0 amide bonds. The van der Waals surface area contributed by atoms with Crippen molar-refractivity contribution in [2.24, 2.45) is 0 Å². The van der Waals surface area contributed by atoms with Gasteiger partial charge in [0.15, 0.2) is 5.82 Å². The molecule has 19 heavy (non-hydrogen) atoms. The SMILES string of the molecule is Cc1ccc(-n2ccnc2-c2cccc(N)c2)nn1. The van der Waals surface area contributed by atoms with Crippen molar-refractivity contribution in [1.82, 2.24) is 19.7 Å². The third kappa shape index (κ3) is 2.18. The van der Waals surface area contributed by atoms with Gasteiger partial charge in [0.25, 0.3) is 0 Å². The molecule has 5 nitrogen and oxygen atoms in total. The molecule has 0 aliphatic rings. The number of aryl methyl sites for hydroxylation is 1. The van der Waals surface area contributed by atoms with Crippen LogP contribution < -0.4 is 5.73 Å². The molecule has 0 atom stereocenters. The molecule has 0 saturated carbocycles. The van der Waals surface area contributed by atoms with Gasteiger partial charge in [-0.1, -0.05) is 12.1 Å². The monoisotopic (exact) mass is 251 g/mol. The molecular formula is C14H13N5. The standard InChI is InChI=1S/C14H13N5/c1-10-5-6-13(18-17-10)19-8-7-16-14(19)11-3-2-4-12(15)9-11/h2-9H,15H2,1H3. The number of hydrogen-bond acceptors (Lipinski definition) is 4. The maximum Gasteiger partial charge on any atom is 0.161 e. The molecule has 1 aromatic carbocycles. The number of rotatable bonds is 2. The van der Waals surface area contributed by atoms with Crippen LogP contribution in [-0.2, 0) is 0 Å². The molecule has 0 saturated heterocycles. The van der Waals surface area contributed by atoms with Crippen molar-refractivity contribution in [3.63, 3.8) is 0 Å². The molecule has 0 aliphatic heterocycles. The third-order valence-electron chi connectivity index (χ3n) is 2.82. The fraction of sp³-hybridized carbons (Fsp3) is 0.0714. The number of aromatic nitrogens is 4. The summed E-state index contributed by atoms with van der Waals surface area (Å²) >= 11 is 0. The van der Waals surface area contributed by atoms with Crippen molar-refractivity contribution in [2.75, 3.05) is 5.73 Å². The average Bonchev–Trinajstić information content (AvgIpc) is 2.89. The average molecular weight is 251 g/mol. The van der Waals surface area contributed by atoms with Gasteiger partial charge in [-0.25, -0.2) is 4.98 Å². The minimum atomic E-state index is 0.710. The summed E-state index contributed by atoms with van der Waals surface area (Å²) in [5.41, 5.74) is 8.35. The molecule has 0 spiro atoms. The Morgan fingerprint density at radius 1 is 1.11 bits per heavy atom. The highest BCUT2D eigenvalue weighted by Gasteiger charge is 2.08. The van der Waals surface area contributed by atoms with Crippen LogP contribution in [0.3, 0.4) is 0 Å². The first-order valence-corrected chi connectivity index (χ1v) is 5.94. The van der Waals surface area contributed by atoms with Gasteiger partial charge in [-0.2, -0.15) is 5.10 Å². The van der Waals surface area contributed by atoms with Crippen LogP contribution in [-0.4, -0.2) is 19.7 Å². The fourth-order valence-corrected chi connectivity index (χ4v) is 1.90. The Balaban J connectivity index is 2.10. The summed E-state index contributed by atoms with van der Waals surface area (Å²) < 4.78 is 1.89. The largest absolute Gasteiger partial charge is 0.399 e. The Labute approximate surface area is 110 Å². The van der Waals surface area contributed by atoms with Crippen LogP contribution in [0, 0.1) is 6.92 Å². The topological polar surface area (TPSA) is 69.6 Å². The lowest BCUT2D eigenvalue weighted by Crippen LogP contribution is -2.01. The van der Waals surface area contributed by atoms with E-state index in [1.807, 2.05) is 54.1 Å². The highest BCUT2D eigenvalue weighted by atomic mass is 15.2. The molecule has 0 aliphatic carbocycles. The molecular weight excluding hydrogens is 238 g/mol. The second-order valence-electron chi connectivity index (χ2n) is 4.28. The van der Waals surface area contributed by atoms with Crippen LogP contribution >= 0.6 is 0 Å². The van der Waals surface area contributed by atoms with Crippen LogP contribution in [0.1, 0.15) is 5.69 Å². The zero-order chi connectivity index (χ0) is 13.2. The quantitative estimate of drug-likeness (QED) is 0.709. The van der Waals surface area contributed by atoms with Crippen molar-refractivity contribution in [3.8, 4) is 17.2 Å². The molecule has 0 bridgehead atoms. The molecule has 2 aromatic heterocycles. The molecule has 0 unspecified atom stereocenters. The van der Waals surface area contributed by atoms with E-state index in [0.717, 1.165) is 22.9 Å². The van der Waals surface area contributed by atoms with Crippen LogP contribution in [0.15, 0.2) is 48.8 Å². The van der Waals surface area contributed by atoms with E-state index in [1.54, 1.807) is 6.20 Å². The number of benzene rings is 1. The molecule has 0 radical (unpaired) electrons. The first-order valence-electron chi connectivity index (χ1n) is 5.94. The number of nitrogens with zero attached hydrogens (tertiary/aromatic N) is 4. The zero-order valence-corrected chi connectivity index (χ0v) is 10.5. The van der Waals surface area contributed by atoms with Crippen molar-refractivity contribution in [2.45, 2.75) is 6.92 Å². The fourth-order valence-electron chi connectivity index (χ4n) is 1.90. The molecule has 5 heteroatoms. The lowest BCUT2D eigenvalue weighted by Gasteiger charge is -2.07.